The summed E-state index contributed by atoms with van der Waals surface area (Å²) in [4.78, 5) is 38.6. The van der Waals surface area contributed by atoms with Crippen molar-refractivity contribution in [3.63, 3.8) is 0 Å². The standard InChI is InChI=1S/C19H26N2O6/c1-6-19(2,18(24)27-5)20-17(23)12-9-16(22)21(11-12)13-7-8-14(25-3)15(10-13)26-4/h7-8,10,12H,6,9,11H2,1-5H3,(H,20,23). The van der Waals surface area contributed by atoms with Crippen molar-refractivity contribution in [1.29, 1.82) is 0 Å². The van der Waals surface area contributed by atoms with E-state index in [9.17, 15) is 14.4 Å². The van der Waals surface area contributed by atoms with Crippen LogP contribution in [0.3, 0.4) is 0 Å². The number of rotatable bonds is 7. The van der Waals surface area contributed by atoms with Gasteiger partial charge in [-0.1, -0.05) is 6.92 Å². The fraction of sp³-hybridized carbons (Fsp3) is 0.526. The molecule has 8 nitrogen and oxygen atoms in total. The van der Waals surface area contributed by atoms with E-state index in [0.29, 0.717) is 23.6 Å². The second-order valence-electron chi connectivity index (χ2n) is 6.61. The molecule has 148 valence electrons. The molecule has 0 aliphatic carbocycles. The summed E-state index contributed by atoms with van der Waals surface area (Å²) in [5.41, 5.74) is -0.495. The summed E-state index contributed by atoms with van der Waals surface area (Å²) < 4.78 is 15.2. The lowest BCUT2D eigenvalue weighted by Crippen LogP contribution is -2.54. The minimum Gasteiger partial charge on any atom is -0.493 e. The fourth-order valence-electron chi connectivity index (χ4n) is 3.01. The van der Waals surface area contributed by atoms with Gasteiger partial charge in [-0.15, -0.1) is 0 Å². The molecule has 0 spiro atoms. The number of anilines is 1. The van der Waals surface area contributed by atoms with Crippen molar-refractivity contribution in [3.05, 3.63) is 18.2 Å². The van der Waals surface area contributed by atoms with Gasteiger partial charge in [-0.05, 0) is 25.5 Å². The lowest BCUT2D eigenvalue weighted by atomic mass is 9.97. The lowest BCUT2D eigenvalue weighted by molar-refractivity contribution is -0.150. The predicted molar refractivity (Wildman–Crippen MR) is 98.9 cm³/mol. The third-order valence-electron chi connectivity index (χ3n) is 4.92. The Bertz CT molecular complexity index is 735. The van der Waals surface area contributed by atoms with Crippen molar-refractivity contribution in [2.45, 2.75) is 32.2 Å². The van der Waals surface area contributed by atoms with Gasteiger partial charge in [0.1, 0.15) is 5.54 Å². The van der Waals surface area contributed by atoms with E-state index in [-0.39, 0.29) is 24.8 Å². The minimum atomic E-state index is -1.12. The third-order valence-corrected chi connectivity index (χ3v) is 4.92. The number of carbonyl (C=O) groups excluding carboxylic acids is 3. The van der Waals surface area contributed by atoms with Gasteiger partial charge < -0.3 is 24.4 Å². The molecule has 2 unspecified atom stereocenters. The van der Waals surface area contributed by atoms with Crippen LogP contribution in [0.5, 0.6) is 11.5 Å². The number of benzene rings is 1. The molecule has 1 saturated heterocycles. The van der Waals surface area contributed by atoms with Crippen molar-refractivity contribution in [2.75, 3.05) is 32.8 Å². The number of carbonyl (C=O) groups is 3. The van der Waals surface area contributed by atoms with Crippen LogP contribution in [-0.2, 0) is 19.1 Å². The number of nitrogens with zero attached hydrogens (tertiary/aromatic N) is 1. The summed E-state index contributed by atoms with van der Waals surface area (Å²) in [6.07, 6.45) is 0.451. The first-order valence-corrected chi connectivity index (χ1v) is 8.72. The molecule has 1 N–H and O–H groups in total. The van der Waals surface area contributed by atoms with Crippen LogP contribution in [-0.4, -0.2) is 51.2 Å². The second kappa shape index (κ2) is 8.28. The molecule has 1 aliphatic heterocycles. The smallest absolute Gasteiger partial charge is 0.331 e. The molecular formula is C19H26N2O6. The van der Waals surface area contributed by atoms with Crippen molar-refractivity contribution in [1.82, 2.24) is 5.32 Å². The number of amides is 2. The Morgan fingerprint density at radius 2 is 1.89 bits per heavy atom. The van der Waals surface area contributed by atoms with Crippen molar-refractivity contribution in [2.24, 2.45) is 5.92 Å². The Balaban J connectivity index is 2.15. The highest BCUT2D eigenvalue weighted by molar-refractivity contribution is 6.01. The summed E-state index contributed by atoms with van der Waals surface area (Å²) in [5.74, 6) is -0.529. The molecular weight excluding hydrogens is 352 g/mol. The highest BCUT2D eigenvalue weighted by Crippen LogP contribution is 2.34. The molecule has 1 heterocycles. The maximum Gasteiger partial charge on any atom is 0.331 e. The molecule has 2 amide bonds. The van der Waals surface area contributed by atoms with Crippen LogP contribution in [0.15, 0.2) is 18.2 Å². The molecule has 1 aliphatic rings. The zero-order valence-corrected chi connectivity index (χ0v) is 16.3. The normalized spacial score (nSPS) is 18.6. The summed E-state index contributed by atoms with van der Waals surface area (Å²) in [6, 6.07) is 5.14. The molecule has 0 bridgehead atoms. The Morgan fingerprint density at radius 1 is 1.22 bits per heavy atom. The van der Waals surface area contributed by atoms with Gasteiger partial charge in [0.15, 0.2) is 11.5 Å². The van der Waals surface area contributed by atoms with Gasteiger partial charge in [0.25, 0.3) is 0 Å². The van der Waals surface area contributed by atoms with E-state index in [0.717, 1.165) is 0 Å². The van der Waals surface area contributed by atoms with Crippen LogP contribution >= 0.6 is 0 Å². The van der Waals surface area contributed by atoms with Crippen LogP contribution in [0.2, 0.25) is 0 Å². The first-order valence-electron chi connectivity index (χ1n) is 8.72. The molecule has 2 rings (SSSR count). The van der Waals surface area contributed by atoms with Gasteiger partial charge >= 0.3 is 5.97 Å². The molecule has 0 saturated carbocycles. The zero-order valence-electron chi connectivity index (χ0n) is 16.3. The molecule has 0 radical (unpaired) electrons. The summed E-state index contributed by atoms with van der Waals surface area (Å²) in [7, 11) is 4.33. The summed E-state index contributed by atoms with van der Waals surface area (Å²) in [5, 5.41) is 2.73. The number of hydrogen-bond donors (Lipinski definition) is 1. The Hall–Kier alpha value is -2.77. The van der Waals surface area contributed by atoms with Crippen molar-refractivity contribution >= 4 is 23.5 Å². The topological polar surface area (TPSA) is 94.2 Å². The van der Waals surface area contributed by atoms with Gasteiger partial charge in [-0.2, -0.15) is 0 Å². The first kappa shape index (κ1) is 20.5. The maximum absolute atomic E-state index is 12.6. The van der Waals surface area contributed by atoms with E-state index in [1.54, 1.807) is 32.0 Å². The van der Waals surface area contributed by atoms with E-state index in [1.807, 2.05) is 0 Å². The number of nitrogens with one attached hydrogen (secondary N) is 1. The predicted octanol–water partition coefficient (Wildman–Crippen LogP) is 1.51. The number of methoxy groups -OCH3 is 3. The van der Waals surface area contributed by atoms with Crippen LogP contribution in [0.4, 0.5) is 5.69 Å². The van der Waals surface area contributed by atoms with Crippen molar-refractivity contribution in [3.8, 4) is 11.5 Å². The summed E-state index contributed by atoms with van der Waals surface area (Å²) >= 11 is 0. The van der Waals surface area contributed by atoms with Crippen LogP contribution in [0.1, 0.15) is 26.7 Å². The van der Waals surface area contributed by atoms with E-state index in [4.69, 9.17) is 14.2 Å². The molecule has 1 aromatic carbocycles. The Kier molecular flexibility index (Phi) is 6.30. The fourth-order valence-corrected chi connectivity index (χ4v) is 3.01. The highest BCUT2D eigenvalue weighted by atomic mass is 16.5. The number of ether oxygens (including phenoxy) is 3. The second-order valence-corrected chi connectivity index (χ2v) is 6.61. The SMILES string of the molecule is CCC(C)(NC(=O)C1CC(=O)N(c2ccc(OC)c(OC)c2)C1)C(=O)OC. The summed E-state index contributed by atoms with van der Waals surface area (Å²) in [6.45, 7) is 3.62. The first-order chi connectivity index (χ1) is 12.8. The maximum atomic E-state index is 12.6. The molecule has 27 heavy (non-hydrogen) atoms. The van der Waals surface area contributed by atoms with Crippen LogP contribution in [0, 0.1) is 5.92 Å². The molecule has 2 atom stereocenters. The van der Waals surface area contributed by atoms with Crippen molar-refractivity contribution < 1.29 is 28.6 Å². The average molecular weight is 378 g/mol. The number of hydrogen-bond acceptors (Lipinski definition) is 6. The van der Waals surface area contributed by atoms with Gasteiger partial charge in [0.2, 0.25) is 11.8 Å². The van der Waals surface area contributed by atoms with Crippen LogP contribution in [0.25, 0.3) is 0 Å². The van der Waals surface area contributed by atoms with E-state index in [1.165, 1.54) is 26.2 Å². The molecule has 1 aromatic rings. The van der Waals surface area contributed by atoms with E-state index < -0.39 is 17.4 Å². The Morgan fingerprint density at radius 3 is 2.44 bits per heavy atom. The molecule has 0 aromatic heterocycles. The quantitative estimate of drug-likeness (QED) is 0.723. The largest absolute Gasteiger partial charge is 0.493 e. The minimum absolute atomic E-state index is 0.0706. The monoisotopic (exact) mass is 378 g/mol. The Labute approximate surface area is 158 Å². The van der Waals surface area contributed by atoms with Gasteiger partial charge in [0, 0.05) is 24.7 Å². The lowest BCUT2D eigenvalue weighted by Gasteiger charge is -2.27. The molecule has 8 heteroatoms. The van der Waals surface area contributed by atoms with E-state index in [2.05, 4.69) is 5.32 Å². The highest BCUT2D eigenvalue weighted by Gasteiger charge is 2.40. The van der Waals surface area contributed by atoms with E-state index >= 15 is 0 Å². The number of esters is 1. The van der Waals surface area contributed by atoms with Gasteiger partial charge in [-0.3, -0.25) is 9.59 Å². The molecule has 1 fully saturated rings. The van der Waals surface area contributed by atoms with Gasteiger partial charge in [-0.25, -0.2) is 4.79 Å². The zero-order chi connectivity index (χ0) is 20.2. The average Bonchev–Trinajstić information content (AvgIpc) is 3.08. The van der Waals surface area contributed by atoms with Crippen LogP contribution < -0.4 is 19.7 Å². The van der Waals surface area contributed by atoms with Gasteiger partial charge in [0.05, 0.1) is 27.2 Å². The third kappa shape index (κ3) is 4.15.